The molecule has 0 unspecified atom stereocenters. The van der Waals surface area contributed by atoms with Crippen molar-refractivity contribution in [3.05, 3.63) is 24.5 Å². The molecule has 3 heteroatoms. The molecule has 0 bridgehead atoms. The van der Waals surface area contributed by atoms with Crippen LogP contribution in [0.15, 0.2) is 24.5 Å². The maximum atomic E-state index is 11.2. The van der Waals surface area contributed by atoms with Gasteiger partial charge in [0.25, 0.3) is 0 Å². The van der Waals surface area contributed by atoms with E-state index in [0.29, 0.717) is 0 Å². The lowest BCUT2D eigenvalue weighted by molar-refractivity contribution is -0.206. The molecule has 1 aliphatic rings. The lowest BCUT2D eigenvalue weighted by atomic mass is 10.1. The standard InChI is InChI=1S/C13H20O3/c1-4-5-6-7-8-9-11-10-12(14)16-13(2,3)15-11/h4,10H,1,5-9H2,2-3H3. The number of cyclic esters (lactones) is 1. The van der Waals surface area contributed by atoms with Crippen LogP contribution in [0.25, 0.3) is 0 Å². The normalized spacial score (nSPS) is 18.4. The molecule has 0 atom stereocenters. The largest absolute Gasteiger partial charge is 0.457 e. The van der Waals surface area contributed by atoms with Crippen molar-refractivity contribution in [3.8, 4) is 0 Å². The average molecular weight is 224 g/mol. The third-order valence-electron chi connectivity index (χ3n) is 2.33. The zero-order chi connectivity index (χ0) is 12.0. The smallest absolute Gasteiger partial charge is 0.337 e. The van der Waals surface area contributed by atoms with Gasteiger partial charge in [0.2, 0.25) is 5.79 Å². The van der Waals surface area contributed by atoms with Gasteiger partial charge in [-0.15, -0.1) is 6.58 Å². The summed E-state index contributed by atoms with van der Waals surface area (Å²) >= 11 is 0. The third-order valence-corrected chi connectivity index (χ3v) is 2.33. The van der Waals surface area contributed by atoms with Gasteiger partial charge in [0.05, 0.1) is 6.08 Å². The molecule has 3 nitrogen and oxygen atoms in total. The Balaban J connectivity index is 2.31. The van der Waals surface area contributed by atoms with E-state index < -0.39 is 5.79 Å². The first-order valence-electron chi connectivity index (χ1n) is 5.77. The van der Waals surface area contributed by atoms with Crippen LogP contribution in [0.5, 0.6) is 0 Å². The van der Waals surface area contributed by atoms with Gasteiger partial charge in [-0.25, -0.2) is 4.79 Å². The van der Waals surface area contributed by atoms with Crippen molar-refractivity contribution < 1.29 is 14.3 Å². The predicted molar refractivity (Wildman–Crippen MR) is 62.6 cm³/mol. The van der Waals surface area contributed by atoms with E-state index in [-0.39, 0.29) is 5.97 Å². The van der Waals surface area contributed by atoms with E-state index in [1.54, 1.807) is 13.8 Å². The van der Waals surface area contributed by atoms with E-state index in [4.69, 9.17) is 9.47 Å². The van der Waals surface area contributed by atoms with Crippen LogP contribution >= 0.6 is 0 Å². The Morgan fingerprint density at radius 3 is 2.69 bits per heavy atom. The molecule has 1 aliphatic heterocycles. The summed E-state index contributed by atoms with van der Waals surface area (Å²) < 4.78 is 10.5. The molecular weight excluding hydrogens is 204 g/mol. The Morgan fingerprint density at radius 1 is 1.31 bits per heavy atom. The Hall–Kier alpha value is -1.25. The van der Waals surface area contributed by atoms with Gasteiger partial charge in [-0.1, -0.05) is 12.5 Å². The number of carbonyl (C=O) groups is 1. The molecule has 0 aromatic carbocycles. The molecule has 1 heterocycles. The van der Waals surface area contributed by atoms with Crippen LogP contribution in [0, 0.1) is 0 Å². The van der Waals surface area contributed by atoms with Gasteiger partial charge in [0.1, 0.15) is 5.76 Å². The van der Waals surface area contributed by atoms with E-state index in [1.807, 2.05) is 6.08 Å². The van der Waals surface area contributed by atoms with Crippen LogP contribution in [-0.4, -0.2) is 11.8 Å². The van der Waals surface area contributed by atoms with Gasteiger partial charge >= 0.3 is 5.97 Å². The second kappa shape index (κ2) is 5.73. The quantitative estimate of drug-likeness (QED) is 0.394. The van der Waals surface area contributed by atoms with Crippen molar-refractivity contribution in [1.29, 1.82) is 0 Å². The van der Waals surface area contributed by atoms with E-state index in [0.717, 1.165) is 37.9 Å². The monoisotopic (exact) mass is 224 g/mol. The highest BCUT2D eigenvalue weighted by Crippen LogP contribution is 2.25. The first-order valence-corrected chi connectivity index (χ1v) is 5.77. The summed E-state index contributed by atoms with van der Waals surface area (Å²) in [7, 11) is 0. The molecule has 0 fully saturated rings. The minimum absolute atomic E-state index is 0.308. The van der Waals surface area contributed by atoms with Crippen LogP contribution in [0.3, 0.4) is 0 Å². The molecule has 1 rings (SSSR count). The van der Waals surface area contributed by atoms with Crippen LogP contribution < -0.4 is 0 Å². The summed E-state index contributed by atoms with van der Waals surface area (Å²) in [6.45, 7) is 7.17. The minimum Gasteiger partial charge on any atom is -0.457 e. The fraction of sp³-hybridized carbons (Fsp3) is 0.615. The molecule has 0 aliphatic carbocycles. The Labute approximate surface area is 97.1 Å². The van der Waals surface area contributed by atoms with E-state index in [2.05, 4.69) is 6.58 Å². The lowest BCUT2D eigenvalue weighted by Gasteiger charge is -2.30. The van der Waals surface area contributed by atoms with Crippen LogP contribution in [-0.2, 0) is 14.3 Å². The molecule has 16 heavy (non-hydrogen) atoms. The Morgan fingerprint density at radius 2 is 2.06 bits per heavy atom. The molecule has 0 aromatic rings. The molecule has 90 valence electrons. The highest BCUT2D eigenvalue weighted by atomic mass is 16.7. The fourth-order valence-corrected chi connectivity index (χ4v) is 1.66. The molecule has 0 N–H and O–H groups in total. The second-order valence-corrected chi connectivity index (χ2v) is 4.42. The van der Waals surface area contributed by atoms with Gasteiger partial charge in [0, 0.05) is 20.3 Å². The van der Waals surface area contributed by atoms with Crippen LogP contribution in [0.2, 0.25) is 0 Å². The van der Waals surface area contributed by atoms with Gasteiger partial charge in [-0.3, -0.25) is 0 Å². The predicted octanol–water partition coefficient (Wildman–Crippen LogP) is 3.32. The van der Waals surface area contributed by atoms with Crippen LogP contribution in [0.4, 0.5) is 0 Å². The maximum absolute atomic E-state index is 11.2. The summed E-state index contributed by atoms with van der Waals surface area (Å²) in [4.78, 5) is 11.2. The number of esters is 1. The van der Waals surface area contributed by atoms with E-state index >= 15 is 0 Å². The van der Waals surface area contributed by atoms with Crippen molar-refractivity contribution in [2.75, 3.05) is 0 Å². The molecule has 0 saturated carbocycles. The van der Waals surface area contributed by atoms with Crippen molar-refractivity contribution in [2.45, 2.75) is 51.7 Å². The van der Waals surface area contributed by atoms with Crippen molar-refractivity contribution >= 4 is 5.97 Å². The third kappa shape index (κ3) is 4.51. The number of allylic oxidation sites excluding steroid dienone is 2. The summed E-state index contributed by atoms with van der Waals surface area (Å²) in [5, 5.41) is 0. The van der Waals surface area contributed by atoms with Gasteiger partial charge in [-0.05, 0) is 19.3 Å². The Kier molecular flexibility index (Phi) is 4.59. The average Bonchev–Trinajstić information content (AvgIpc) is 2.14. The lowest BCUT2D eigenvalue weighted by Crippen LogP contribution is -2.34. The van der Waals surface area contributed by atoms with Crippen molar-refractivity contribution in [2.24, 2.45) is 0 Å². The zero-order valence-electron chi connectivity index (χ0n) is 10.1. The first-order chi connectivity index (χ1) is 7.53. The minimum atomic E-state index is -0.817. The number of carbonyl (C=O) groups excluding carboxylic acids is 1. The number of rotatable bonds is 6. The first kappa shape index (κ1) is 12.8. The molecule has 0 amide bonds. The number of unbranched alkanes of at least 4 members (excludes halogenated alkanes) is 3. The summed E-state index contributed by atoms with van der Waals surface area (Å²) in [6, 6.07) is 0. The molecular formula is C13H20O3. The van der Waals surface area contributed by atoms with E-state index in [9.17, 15) is 4.79 Å². The molecule has 0 saturated heterocycles. The van der Waals surface area contributed by atoms with Crippen molar-refractivity contribution in [1.82, 2.24) is 0 Å². The van der Waals surface area contributed by atoms with Gasteiger partial charge < -0.3 is 9.47 Å². The number of ether oxygens (including phenoxy) is 2. The zero-order valence-corrected chi connectivity index (χ0v) is 10.1. The fourth-order valence-electron chi connectivity index (χ4n) is 1.66. The van der Waals surface area contributed by atoms with Gasteiger partial charge in [-0.2, -0.15) is 0 Å². The molecule has 0 spiro atoms. The summed E-state index contributed by atoms with van der Waals surface area (Å²) in [5.41, 5.74) is 0. The second-order valence-electron chi connectivity index (χ2n) is 4.42. The molecule has 0 radical (unpaired) electrons. The van der Waals surface area contributed by atoms with E-state index in [1.165, 1.54) is 6.08 Å². The summed E-state index contributed by atoms with van der Waals surface area (Å²) in [6.07, 6.45) is 8.52. The Bertz CT molecular complexity index is 290. The van der Waals surface area contributed by atoms with Gasteiger partial charge in [0.15, 0.2) is 0 Å². The number of hydrogen-bond acceptors (Lipinski definition) is 3. The topological polar surface area (TPSA) is 35.5 Å². The van der Waals surface area contributed by atoms with Crippen LogP contribution in [0.1, 0.15) is 46.0 Å². The molecule has 0 aromatic heterocycles. The summed E-state index contributed by atoms with van der Waals surface area (Å²) in [5.74, 6) is -0.389. The highest BCUT2D eigenvalue weighted by molar-refractivity contribution is 5.83. The highest BCUT2D eigenvalue weighted by Gasteiger charge is 2.29. The SMILES string of the molecule is C=CCCCCCC1=CC(=O)OC(C)(C)O1. The van der Waals surface area contributed by atoms with Crippen molar-refractivity contribution in [3.63, 3.8) is 0 Å². The number of hydrogen-bond donors (Lipinski definition) is 0. The maximum Gasteiger partial charge on any atom is 0.337 e.